The second kappa shape index (κ2) is 8.93. The number of hydrogen-bond acceptors (Lipinski definition) is 3. The molecule has 1 aromatic heterocycles. The van der Waals surface area contributed by atoms with E-state index in [0.29, 0.717) is 22.6 Å². The van der Waals surface area contributed by atoms with Gasteiger partial charge in [-0.2, -0.15) is 0 Å². The molecule has 1 heterocycles. The van der Waals surface area contributed by atoms with Crippen molar-refractivity contribution in [1.29, 1.82) is 0 Å². The summed E-state index contributed by atoms with van der Waals surface area (Å²) in [6.45, 7) is 1.82. The molecule has 2 N–H and O–H groups in total. The van der Waals surface area contributed by atoms with E-state index in [4.69, 9.17) is 0 Å². The molecule has 162 valence electrons. The van der Waals surface area contributed by atoms with Crippen LogP contribution in [-0.2, 0) is 11.8 Å². The Bertz CT molecular complexity index is 1280. The molecule has 0 saturated heterocycles. The first kappa shape index (κ1) is 21.1. The number of carbonyl (C=O) groups excluding carboxylic acids is 1. The van der Waals surface area contributed by atoms with Crippen molar-refractivity contribution in [2.24, 2.45) is 7.05 Å². The van der Waals surface area contributed by atoms with Crippen LogP contribution >= 0.6 is 0 Å². The molecule has 1 unspecified atom stereocenters. The molecule has 0 bridgehead atoms. The third kappa shape index (κ3) is 4.18. The van der Waals surface area contributed by atoms with Gasteiger partial charge in [0, 0.05) is 12.7 Å². The van der Waals surface area contributed by atoms with E-state index >= 15 is 0 Å². The summed E-state index contributed by atoms with van der Waals surface area (Å²) in [5, 5.41) is 5.95. The van der Waals surface area contributed by atoms with Crippen LogP contribution in [0.3, 0.4) is 0 Å². The lowest BCUT2D eigenvalue weighted by Gasteiger charge is -2.19. The number of carbonyl (C=O) groups is 1. The van der Waals surface area contributed by atoms with Gasteiger partial charge < -0.3 is 10.6 Å². The first-order chi connectivity index (χ1) is 15.5. The lowest BCUT2D eigenvalue weighted by molar-refractivity contribution is -0.117. The van der Waals surface area contributed by atoms with Gasteiger partial charge in [0.2, 0.25) is 0 Å². The van der Waals surface area contributed by atoms with Crippen LogP contribution in [0.1, 0.15) is 17.3 Å². The molecule has 1 amide bonds. The summed E-state index contributed by atoms with van der Waals surface area (Å²) >= 11 is 0. The maximum atomic E-state index is 13.3. The van der Waals surface area contributed by atoms with Gasteiger partial charge in [-0.05, 0) is 48.9 Å². The van der Waals surface area contributed by atoms with Crippen molar-refractivity contribution in [3.63, 3.8) is 0 Å². The zero-order chi connectivity index (χ0) is 22.7. The molecular weight excluding hydrogens is 407 g/mol. The third-order valence-corrected chi connectivity index (χ3v) is 5.35. The van der Waals surface area contributed by atoms with E-state index in [1.54, 1.807) is 16.4 Å². The Kier molecular flexibility index (Phi) is 5.89. The predicted molar refractivity (Wildman–Crippen MR) is 124 cm³/mol. The van der Waals surface area contributed by atoms with Gasteiger partial charge in [0.05, 0.1) is 11.4 Å². The summed E-state index contributed by atoms with van der Waals surface area (Å²) in [5.41, 5.74) is 2.65. The molecule has 32 heavy (non-hydrogen) atoms. The minimum atomic E-state index is -0.834. The lowest BCUT2D eigenvalue weighted by Crippen LogP contribution is -2.29. The minimum absolute atomic E-state index is 0.258. The Hall–Kier alpha value is -4.13. The largest absolute Gasteiger partial charge is 0.364 e. The van der Waals surface area contributed by atoms with Crippen molar-refractivity contribution in [3.05, 3.63) is 112 Å². The monoisotopic (exact) mass is 430 g/mol. The fourth-order valence-corrected chi connectivity index (χ4v) is 3.57. The maximum absolute atomic E-state index is 13.3. The molecule has 0 saturated carbocycles. The summed E-state index contributed by atoms with van der Waals surface area (Å²) in [5.74, 6) is -0.751. The molecule has 0 spiro atoms. The average molecular weight is 430 g/mol. The molecule has 0 fully saturated rings. The quantitative estimate of drug-likeness (QED) is 0.476. The van der Waals surface area contributed by atoms with Crippen molar-refractivity contribution in [1.82, 2.24) is 9.36 Å². The normalized spacial score (nSPS) is 11.7. The number of nitrogens with one attached hydrogen (secondary N) is 2. The topological polar surface area (TPSA) is 68.1 Å². The standard InChI is InChI=1S/C25H23FN4O2/c1-17-22(25(32)30(29(17)2)21-11-7-4-8-12-21)28-23(18-9-5-3-6-10-18)24(31)27-20-15-13-19(26)14-16-20/h3-16,23,28H,1-2H3,(H,27,31). The molecular formula is C25H23FN4O2. The van der Waals surface area contributed by atoms with E-state index in [9.17, 15) is 14.0 Å². The predicted octanol–water partition coefficient (Wildman–Crippen LogP) is 4.42. The molecule has 0 aliphatic rings. The molecule has 6 nitrogen and oxygen atoms in total. The molecule has 0 aliphatic heterocycles. The van der Waals surface area contributed by atoms with E-state index in [1.807, 2.05) is 67.6 Å². The Morgan fingerprint density at radius 2 is 1.50 bits per heavy atom. The fourth-order valence-electron chi connectivity index (χ4n) is 3.57. The van der Waals surface area contributed by atoms with Crippen LogP contribution in [-0.4, -0.2) is 15.3 Å². The van der Waals surface area contributed by atoms with Crippen molar-refractivity contribution in [2.45, 2.75) is 13.0 Å². The van der Waals surface area contributed by atoms with Gasteiger partial charge in [-0.3, -0.25) is 14.3 Å². The number of halogens is 1. The molecule has 7 heteroatoms. The van der Waals surface area contributed by atoms with Gasteiger partial charge >= 0.3 is 0 Å². The summed E-state index contributed by atoms with van der Waals surface area (Å²) in [6, 6.07) is 23.2. The van der Waals surface area contributed by atoms with Crippen molar-refractivity contribution in [2.75, 3.05) is 10.6 Å². The zero-order valence-corrected chi connectivity index (χ0v) is 17.7. The van der Waals surface area contributed by atoms with Crippen LogP contribution in [0, 0.1) is 12.7 Å². The molecule has 4 rings (SSSR count). The highest BCUT2D eigenvalue weighted by atomic mass is 19.1. The molecule has 4 aromatic rings. The lowest BCUT2D eigenvalue weighted by atomic mass is 10.1. The summed E-state index contributed by atoms with van der Waals surface area (Å²) < 4.78 is 16.5. The number of rotatable bonds is 6. The van der Waals surface area contributed by atoms with E-state index in [1.165, 1.54) is 24.3 Å². The minimum Gasteiger partial charge on any atom is -0.364 e. The highest BCUT2D eigenvalue weighted by Gasteiger charge is 2.25. The average Bonchev–Trinajstić information content (AvgIpc) is 3.02. The van der Waals surface area contributed by atoms with E-state index in [0.717, 1.165) is 5.69 Å². The second-order valence-electron chi connectivity index (χ2n) is 7.42. The van der Waals surface area contributed by atoms with Gasteiger partial charge in [0.25, 0.3) is 11.5 Å². The van der Waals surface area contributed by atoms with Gasteiger partial charge in [-0.25, -0.2) is 9.07 Å². The van der Waals surface area contributed by atoms with Gasteiger partial charge in [0.1, 0.15) is 17.5 Å². The summed E-state index contributed by atoms with van der Waals surface area (Å²) in [4.78, 5) is 26.5. The molecule has 0 radical (unpaired) electrons. The van der Waals surface area contributed by atoms with Gasteiger partial charge in [0.15, 0.2) is 0 Å². The SMILES string of the molecule is Cc1c(NC(C(=O)Nc2ccc(F)cc2)c2ccccc2)c(=O)n(-c2ccccc2)n1C. The smallest absolute Gasteiger partial charge is 0.295 e. The molecule has 1 atom stereocenters. The van der Waals surface area contributed by atoms with Crippen LogP contribution in [0.15, 0.2) is 89.7 Å². The Morgan fingerprint density at radius 3 is 2.12 bits per heavy atom. The van der Waals surface area contributed by atoms with Crippen LogP contribution in [0.25, 0.3) is 5.69 Å². The van der Waals surface area contributed by atoms with E-state index in [2.05, 4.69) is 10.6 Å². The number of benzene rings is 3. The highest BCUT2D eigenvalue weighted by molar-refractivity contribution is 5.97. The first-order valence-electron chi connectivity index (χ1n) is 10.2. The Morgan fingerprint density at radius 1 is 0.906 bits per heavy atom. The van der Waals surface area contributed by atoms with E-state index < -0.39 is 6.04 Å². The molecule has 3 aromatic carbocycles. The number of hydrogen-bond donors (Lipinski definition) is 2. The maximum Gasteiger partial charge on any atom is 0.295 e. The van der Waals surface area contributed by atoms with Gasteiger partial charge in [-0.15, -0.1) is 0 Å². The third-order valence-electron chi connectivity index (χ3n) is 5.35. The van der Waals surface area contributed by atoms with Crippen molar-refractivity contribution < 1.29 is 9.18 Å². The van der Waals surface area contributed by atoms with E-state index in [-0.39, 0.29) is 17.3 Å². The summed E-state index contributed by atoms with van der Waals surface area (Å²) in [6.07, 6.45) is 0. The number of anilines is 2. The summed E-state index contributed by atoms with van der Waals surface area (Å²) in [7, 11) is 1.80. The zero-order valence-electron chi connectivity index (χ0n) is 17.7. The number of para-hydroxylation sites is 1. The van der Waals surface area contributed by atoms with Crippen LogP contribution < -0.4 is 16.2 Å². The second-order valence-corrected chi connectivity index (χ2v) is 7.42. The number of nitrogens with zero attached hydrogens (tertiary/aromatic N) is 2. The van der Waals surface area contributed by atoms with Crippen LogP contribution in [0.4, 0.5) is 15.8 Å². The Balaban J connectivity index is 1.71. The first-order valence-corrected chi connectivity index (χ1v) is 10.2. The number of amides is 1. The van der Waals surface area contributed by atoms with Crippen LogP contribution in [0.2, 0.25) is 0 Å². The van der Waals surface area contributed by atoms with Crippen molar-refractivity contribution >= 4 is 17.3 Å². The molecule has 0 aliphatic carbocycles. The number of aromatic nitrogens is 2. The Labute approximate surface area is 184 Å². The van der Waals surface area contributed by atoms with Crippen molar-refractivity contribution in [3.8, 4) is 5.69 Å². The van der Waals surface area contributed by atoms with Crippen LogP contribution in [0.5, 0.6) is 0 Å². The van der Waals surface area contributed by atoms with Gasteiger partial charge in [-0.1, -0.05) is 48.5 Å². The highest BCUT2D eigenvalue weighted by Crippen LogP contribution is 2.23. The fraction of sp³-hybridized carbons (Fsp3) is 0.120.